The van der Waals surface area contributed by atoms with Crippen LogP contribution in [0, 0.1) is 6.92 Å². The van der Waals surface area contributed by atoms with E-state index in [9.17, 15) is 0 Å². The van der Waals surface area contributed by atoms with E-state index < -0.39 is 0 Å². The summed E-state index contributed by atoms with van der Waals surface area (Å²) < 4.78 is 1.09. The van der Waals surface area contributed by atoms with Crippen molar-refractivity contribution >= 4 is 15.9 Å². The highest BCUT2D eigenvalue weighted by molar-refractivity contribution is 9.10. The van der Waals surface area contributed by atoms with Gasteiger partial charge in [-0.15, -0.1) is 0 Å². The summed E-state index contributed by atoms with van der Waals surface area (Å²) in [4.78, 5) is 2.12. The lowest BCUT2D eigenvalue weighted by molar-refractivity contribution is 0.218. The number of halogens is 1. The third kappa shape index (κ3) is 4.22. The molecule has 1 unspecified atom stereocenters. The molecular weight excluding hydrogens is 268 g/mol. The van der Waals surface area contributed by atoms with Gasteiger partial charge in [0.05, 0.1) is 6.61 Å². The lowest BCUT2D eigenvalue weighted by Gasteiger charge is -2.21. The van der Waals surface area contributed by atoms with Crippen LogP contribution in [0.2, 0.25) is 0 Å². The van der Waals surface area contributed by atoms with Gasteiger partial charge >= 0.3 is 0 Å². The molecule has 4 heteroatoms. The number of rotatable bonds is 5. The minimum Gasteiger partial charge on any atom is -0.395 e. The molecule has 3 N–H and O–H groups in total. The second-order valence-corrected chi connectivity index (χ2v) is 5.13. The van der Waals surface area contributed by atoms with Crippen LogP contribution in [0.25, 0.3) is 0 Å². The van der Waals surface area contributed by atoms with Gasteiger partial charge in [-0.1, -0.05) is 22.0 Å². The molecule has 0 heterocycles. The molecule has 90 valence electrons. The maximum Gasteiger partial charge on any atom is 0.0595 e. The molecule has 0 aliphatic carbocycles. The predicted molar refractivity (Wildman–Crippen MR) is 70.3 cm³/mol. The first kappa shape index (κ1) is 13.6. The Morgan fingerprint density at radius 2 is 2.19 bits per heavy atom. The zero-order chi connectivity index (χ0) is 12.1. The average molecular weight is 287 g/mol. The zero-order valence-electron chi connectivity index (χ0n) is 9.78. The van der Waals surface area contributed by atoms with Crippen LogP contribution < -0.4 is 5.73 Å². The Morgan fingerprint density at radius 3 is 2.81 bits per heavy atom. The van der Waals surface area contributed by atoms with Crippen molar-refractivity contribution in [1.29, 1.82) is 0 Å². The summed E-state index contributed by atoms with van der Waals surface area (Å²) in [5, 5.41) is 8.89. The summed E-state index contributed by atoms with van der Waals surface area (Å²) in [6, 6.07) is 6.09. The Bertz CT molecular complexity index is 344. The molecule has 1 aromatic rings. The highest BCUT2D eigenvalue weighted by atomic mass is 79.9. The van der Waals surface area contributed by atoms with Gasteiger partial charge in [-0.25, -0.2) is 0 Å². The van der Waals surface area contributed by atoms with E-state index in [4.69, 9.17) is 10.8 Å². The molecule has 0 bridgehead atoms. The first-order valence-electron chi connectivity index (χ1n) is 5.33. The van der Waals surface area contributed by atoms with Crippen LogP contribution in [0.1, 0.15) is 11.1 Å². The molecule has 0 fully saturated rings. The molecule has 0 radical (unpaired) electrons. The summed E-state index contributed by atoms with van der Waals surface area (Å²) in [5.41, 5.74) is 8.25. The van der Waals surface area contributed by atoms with Crippen molar-refractivity contribution in [2.75, 3.05) is 20.2 Å². The Labute approximate surface area is 105 Å². The van der Waals surface area contributed by atoms with E-state index in [1.54, 1.807) is 0 Å². The molecule has 0 saturated heterocycles. The summed E-state index contributed by atoms with van der Waals surface area (Å²) in [6.45, 7) is 3.67. The van der Waals surface area contributed by atoms with Gasteiger partial charge < -0.3 is 15.7 Å². The number of hydrogen-bond acceptors (Lipinski definition) is 3. The molecule has 1 aromatic carbocycles. The third-order valence-corrected chi connectivity index (χ3v) is 3.03. The molecule has 0 spiro atoms. The Hall–Kier alpha value is -0.420. The van der Waals surface area contributed by atoms with Crippen LogP contribution in [0.15, 0.2) is 22.7 Å². The van der Waals surface area contributed by atoms with Gasteiger partial charge in [-0.05, 0) is 37.2 Å². The van der Waals surface area contributed by atoms with E-state index >= 15 is 0 Å². The number of aliphatic hydroxyl groups is 1. The van der Waals surface area contributed by atoms with Crippen LogP contribution in [-0.2, 0) is 6.54 Å². The molecule has 0 amide bonds. The van der Waals surface area contributed by atoms with Gasteiger partial charge in [0, 0.05) is 23.6 Å². The lowest BCUT2D eigenvalue weighted by atomic mass is 10.1. The van der Waals surface area contributed by atoms with Crippen molar-refractivity contribution in [3.63, 3.8) is 0 Å². The third-order valence-electron chi connectivity index (χ3n) is 2.53. The van der Waals surface area contributed by atoms with Gasteiger partial charge in [-0.2, -0.15) is 0 Å². The number of nitrogens with two attached hydrogens (primary N) is 1. The summed E-state index contributed by atoms with van der Waals surface area (Å²) >= 11 is 3.47. The van der Waals surface area contributed by atoms with Crippen LogP contribution in [0.3, 0.4) is 0 Å². The van der Waals surface area contributed by atoms with Gasteiger partial charge in [0.15, 0.2) is 0 Å². The Kier molecular flexibility index (Phi) is 5.41. The summed E-state index contributed by atoms with van der Waals surface area (Å²) in [5.74, 6) is 0. The van der Waals surface area contributed by atoms with E-state index in [0.717, 1.165) is 11.0 Å². The van der Waals surface area contributed by atoms with Crippen molar-refractivity contribution in [3.8, 4) is 0 Å². The minimum absolute atomic E-state index is 0.0296. The second-order valence-electron chi connectivity index (χ2n) is 4.21. The largest absolute Gasteiger partial charge is 0.395 e. The molecule has 3 nitrogen and oxygen atoms in total. The standard InChI is InChI=1S/C12H19BrN2O/c1-9-3-4-11(13)5-10(9)6-15(2)7-12(14)8-16/h3-5,12,16H,6-8,14H2,1-2H3. The first-order chi connectivity index (χ1) is 7.52. The summed E-state index contributed by atoms with van der Waals surface area (Å²) in [6.07, 6.45) is 0. The van der Waals surface area contributed by atoms with Gasteiger partial charge in [0.1, 0.15) is 0 Å². The topological polar surface area (TPSA) is 49.5 Å². The number of hydrogen-bond donors (Lipinski definition) is 2. The fraction of sp³-hybridized carbons (Fsp3) is 0.500. The van der Waals surface area contributed by atoms with Crippen molar-refractivity contribution in [3.05, 3.63) is 33.8 Å². The van der Waals surface area contributed by atoms with Crippen molar-refractivity contribution < 1.29 is 5.11 Å². The fourth-order valence-corrected chi connectivity index (χ4v) is 2.03. The molecule has 0 aliphatic heterocycles. The van der Waals surface area contributed by atoms with E-state index in [2.05, 4.69) is 39.9 Å². The molecular formula is C12H19BrN2O. The Balaban J connectivity index is 2.61. The van der Waals surface area contributed by atoms with Gasteiger partial charge in [-0.3, -0.25) is 0 Å². The highest BCUT2D eigenvalue weighted by Gasteiger charge is 2.07. The lowest BCUT2D eigenvalue weighted by Crippen LogP contribution is -2.37. The number of aliphatic hydroxyl groups excluding tert-OH is 1. The number of likely N-dealkylation sites (N-methyl/N-ethyl adjacent to an activating group) is 1. The summed E-state index contributed by atoms with van der Waals surface area (Å²) in [7, 11) is 2.01. The average Bonchev–Trinajstić information content (AvgIpc) is 2.23. The highest BCUT2D eigenvalue weighted by Crippen LogP contribution is 2.17. The Morgan fingerprint density at radius 1 is 1.50 bits per heavy atom. The maximum atomic E-state index is 8.89. The van der Waals surface area contributed by atoms with E-state index in [1.807, 2.05) is 13.1 Å². The fourth-order valence-electron chi connectivity index (χ4n) is 1.62. The predicted octanol–water partition coefficient (Wildman–Crippen LogP) is 1.51. The smallest absolute Gasteiger partial charge is 0.0595 e. The molecule has 0 aromatic heterocycles. The van der Waals surface area contributed by atoms with Gasteiger partial charge in [0.2, 0.25) is 0 Å². The SMILES string of the molecule is Cc1ccc(Br)cc1CN(C)CC(N)CO. The maximum absolute atomic E-state index is 8.89. The normalized spacial score (nSPS) is 13.1. The van der Waals surface area contributed by atoms with Crippen molar-refractivity contribution in [2.45, 2.75) is 19.5 Å². The van der Waals surface area contributed by atoms with Crippen molar-refractivity contribution in [1.82, 2.24) is 4.90 Å². The quantitative estimate of drug-likeness (QED) is 0.863. The van der Waals surface area contributed by atoms with Crippen LogP contribution in [0.4, 0.5) is 0 Å². The first-order valence-corrected chi connectivity index (χ1v) is 6.12. The molecule has 1 rings (SSSR count). The molecule has 16 heavy (non-hydrogen) atoms. The number of nitrogens with zero attached hydrogens (tertiary/aromatic N) is 1. The van der Waals surface area contributed by atoms with Crippen LogP contribution in [-0.4, -0.2) is 36.2 Å². The van der Waals surface area contributed by atoms with Crippen molar-refractivity contribution in [2.24, 2.45) is 5.73 Å². The van der Waals surface area contributed by atoms with Gasteiger partial charge in [0.25, 0.3) is 0 Å². The van der Waals surface area contributed by atoms with Crippen LogP contribution in [0.5, 0.6) is 0 Å². The number of benzene rings is 1. The minimum atomic E-state index is -0.169. The monoisotopic (exact) mass is 286 g/mol. The molecule has 0 aliphatic rings. The second kappa shape index (κ2) is 6.35. The molecule has 0 saturated carbocycles. The van der Waals surface area contributed by atoms with E-state index in [0.29, 0.717) is 6.54 Å². The van der Waals surface area contributed by atoms with E-state index in [1.165, 1.54) is 11.1 Å². The van der Waals surface area contributed by atoms with E-state index in [-0.39, 0.29) is 12.6 Å². The molecule has 1 atom stereocenters. The van der Waals surface area contributed by atoms with Crippen LogP contribution >= 0.6 is 15.9 Å². The number of aryl methyl sites for hydroxylation is 1. The zero-order valence-corrected chi connectivity index (χ0v) is 11.4.